The van der Waals surface area contributed by atoms with E-state index in [9.17, 15) is 4.79 Å². The SMILES string of the molecule is CCn1ncc(C(=O)N2CCC3(CC2)Cn2nnc(COCC4CCCO4)c2CO3)c1C. The highest BCUT2D eigenvalue weighted by Gasteiger charge is 2.41. The Balaban J connectivity index is 1.17. The number of amides is 1. The topological polar surface area (TPSA) is 96.5 Å². The van der Waals surface area contributed by atoms with Crippen molar-refractivity contribution in [2.24, 2.45) is 0 Å². The second-order valence-corrected chi connectivity index (χ2v) is 9.01. The highest BCUT2D eigenvalue weighted by atomic mass is 16.5. The minimum atomic E-state index is -0.296. The molecule has 32 heavy (non-hydrogen) atoms. The Bertz CT molecular complexity index is 956. The zero-order valence-corrected chi connectivity index (χ0v) is 19.0. The number of hydrogen-bond donors (Lipinski definition) is 0. The molecule has 2 aromatic rings. The van der Waals surface area contributed by atoms with Gasteiger partial charge in [-0.3, -0.25) is 9.48 Å². The molecule has 5 rings (SSSR count). The van der Waals surface area contributed by atoms with Gasteiger partial charge in [0.1, 0.15) is 5.69 Å². The number of carbonyl (C=O) groups is 1. The highest BCUT2D eigenvalue weighted by Crippen LogP contribution is 2.34. The number of nitrogens with zero attached hydrogens (tertiary/aromatic N) is 6. The molecule has 0 aliphatic carbocycles. The summed E-state index contributed by atoms with van der Waals surface area (Å²) < 4.78 is 21.6. The normalized spacial score (nSPS) is 22.4. The van der Waals surface area contributed by atoms with Crippen LogP contribution in [0, 0.1) is 6.92 Å². The summed E-state index contributed by atoms with van der Waals surface area (Å²) >= 11 is 0. The van der Waals surface area contributed by atoms with E-state index in [0.717, 1.165) is 55.9 Å². The Hall–Kier alpha value is -2.30. The monoisotopic (exact) mass is 444 g/mol. The lowest BCUT2D eigenvalue weighted by Gasteiger charge is -2.43. The summed E-state index contributed by atoms with van der Waals surface area (Å²) in [6.45, 7) is 9.06. The Morgan fingerprint density at radius 2 is 2.19 bits per heavy atom. The molecule has 10 heteroatoms. The molecule has 1 unspecified atom stereocenters. The third-order valence-corrected chi connectivity index (χ3v) is 7.03. The quantitative estimate of drug-likeness (QED) is 0.669. The van der Waals surface area contributed by atoms with E-state index in [-0.39, 0.29) is 17.6 Å². The van der Waals surface area contributed by atoms with E-state index in [1.54, 1.807) is 6.20 Å². The van der Waals surface area contributed by atoms with Crippen LogP contribution >= 0.6 is 0 Å². The predicted molar refractivity (Wildman–Crippen MR) is 114 cm³/mol. The van der Waals surface area contributed by atoms with E-state index in [2.05, 4.69) is 15.4 Å². The Kier molecular flexibility index (Phi) is 6.00. The average molecular weight is 445 g/mol. The van der Waals surface area contributed by atoms with E-state index >= 15 is 0 Å². The minimum absolute atomic E-state index is 0.0555. The van der Waals surface area contributed by atoms with Gasteiger partial charge in [-0.1, -0.05) is 5.21 Å². The molecule has 0 N–H and O–H groups in total. The standard InChI is InChI=1S/C22H32N6O4/c1-3-27-16(2)18(11-23-27)21(29)26-8-6-22(7-9-26)15-28-20(14-32-22)19(24-25-28)13-30-12-17-5-4-10-31-17/h11,17H,3-10,12-15H2,1-2H3. The third kappa shape index (κ3) is 4.06. The van der Waals surface area contributed by atoms with Crippen LogP contribution in [-0.4, -0.2) is 73.6 Å². The first-order chi connectivity index (χ1) is 15.6. The van der Waals surface area contributed by atoms with Crippen molar-refractivity contribution < 1.29 is 19.0 Å². The van der Waals surface area contributed by atoms with Crippen LogP contribution in [0.4, 0.5) is 0 Å². The molecule has 2 saturated heterocycles. The summed E-state index contributed by atoms with van der Waals surface area (Å²) in [7, 11) is 0. The summed E-state index contributed by atoms with van der Waals surface area (Å²) in [5, 5.41) is 13.0. The fraction of sp³-hybridized carbons (Fsp3) is 0.727. The predicted octanol–water partition coefficient (Wildman–Crippen LogP) is 1.70. The van der Waals surface area contributed by atoms with Crippen LogP contribution in [0.15, 0.2) is 6.20 Å². The van der Waals surface area contributed by atoms with Crippen molar-refractivity contribution in [1.29, 1.82) is 0 Å². The van der Waals surface area contributed by atoms with Crippen LogP contribution in [0.5, 0.6) is 0 Å². The number of carbonyl (C=O) groups excluding carboxylic acids is 1. The van der Waals surface area contributed by atoms with Crippen molar-refractivity contribution in [3.8, 4) is 0 Å². The van der Waals surface area contributed by atoms with Crippen molar-refractivity contribution in [1.82, 2.24) is 29.7 Å². The molecule has 1 amide bonds. The van der Waals surface area contributed by atoms with Crippen LogP contribution in [0.3, 0.4) is 0 Å². The van der Waals surface area contributed by atoms with Gasteiger partial charge in [-0.2, -0.15) is 5.10 Å². The molecular weight excluding hydrogens is 412 g/mol. The minimum Gasteiger partial charge on any atom is -0.376 e. The largest absolute Gasteiger partial charge is 0.376 e. The zero-order chi connectivity index (χ0) is 22.1. The number of likely N-dealkylation sites (tertiary alicyclic amines) is 1. The Labute approximate surface area is 187 Å². The molecular formula is C22H32N6O4. The Morgan fingerprint density at radius 1 is 1.34 bits per heavy atom. The molecule has 2 fully saturated rings. The summed E-state index contributed by atoms with van der Waals surface area (Å²) in [5.74, 6) is 0.0555. The zero-order valence-electron chi connectivity index (χ0n) is 19.0. The number of fused-ring (bicyclic) bond motifs is 1. The van der Waals surface area contributed by atoms with Gasteiger partial charge in [0.05, 0.1) is 55.5 Å². The van der Waals surface area contributed by atoms with Crippen LogP contribution in [-0.2, 0) is 40.5 Å². The molecule has 5 heterocycles. The van der Waals surface area contributed by atoms with Gasteiger partial charge in [0.25, 0.3) is 5.91 Å². The molecule has 3 aliphatic heterocycles. The van der Waals surface area contributed by atoms with Gasteiger partial charge in [0.15, 0.2) is 0 Å². The second kappa shape index (κ2) is 8.92. The smallest absolute Gasteiger partial charge is 0.257 e. The van der Waals surface area contributed by atoms with E-state index in [1.807, 2.05) is 28.1 Å². The number of piperidine rings is 1. The van der Waals surface area contributed by atoms with Crippen LogP contribution in [0.1, 0.15) is 60.0 Å². The van der Waals surface area contributed by atoms with Crippen molar-refractivity contribution in [2.75, 3.05) is 26.3 Å². The molecule has 0 saturated carbocycles. The number of aromatic nitrogens is 5. The maximum Gasteiger partial charge on any atom is 0.257 e. The number of ether oxygens (including phenoxy) is 3. The molecule has 3 aliphatic rings. The van der Waals surface area contributed by atoms with Gasteiger partial charge >= 0.3 is 0 Å². The van der Waals surface area contributed by atoms with Crippen molar-refractivity contribution >= 4 is 5.91 Å². The van der Waals surface area contributed by atoms with Gasteiger partial charge < -0.3 is 19.1 Å². The fourth-order valence-corrected chi connectivity index (χ4v) is 4.93. The summed E-state index contributed by atoms with van der Waals surface area (Å²) in [5.41, 5.74) is 3.15. The van der Waals surface area contributed by atoms with Gasteiger partial charge in [0.2, 0.25) is 0 Å². The van der Waals surface area contributed by atoms with Gasteiger partial charge in [-0.05, 0) is 39.5 Å². The summed E-state index contributed by atoms with van der Waals surface area (Å²) in [6, 6.07) is 0. The average Bonchev–Trinajstić information content (AvgIpc) is 3.54. The van der Waals surface area contributed by atoms with E-state index < -0.39 is 0 Å². The molecule has 0 bridgehead atoms. The first kappa shape index (κ1) is 21.5. The van der Waals surface area contributed by atoms with Crippen LogP contribution in [0.2, 0.25) is 0 Å². The van der Waals surface area contributed by atoms with Crippen molar-refractivity contribution in [3.63, 3.8) is 0 Å². The first-order valence-electron chi connectivity index (χ1n) is 11.6. The highest BCUT2D eigenvalue weighted by molar-refractivity contribution is 5.95. The lowest BCUT2D eigenvalue weighted by Crippen LogP contribution is -2.52. The van der Waals surface area contributed by atoms with Crippen LogP contribution in [0.25, 0.3) is 0 Å². The van der Waals surface area contributed by atoms with Crippen molar-refractivity contribution in [2.45, 2.75) is 77.5 Å². The fourth-order valence-electron chi connectivity index (χ4n) is 4.93. The van der Waals surface area contributed by atoms with E-state index in [1.165, 1.54) is 0 Å². The Morgan fingerprint density at radius 3 is 2.91 bits per heavy atom. The molecule has 2 aromatic heterocycles. The van der Waals surface area contributed by atoms with Gasteiger partial charge in [0, 0.05) is 31.9 Å². The number of aryl methyl sites for hydroxylation is 1. The van der Waals surface area contributed by atoms with Gasteiger partial charge in [-0.15, -0.1) is 5.10 Å². The number of rotatable bonds is 6. The second-order valence-electron chi connectivity index (χ2n) is 9.01. The maximum atomic E-state index is 13.0. The first-order valence-corrected chi connectivity index (χ1v) is 11.6. The maximum absolute atomic E-state index is 13.0. The van der Waals surface area contributed by atoms with E-state index in [4.69, 9.17) is 14.2 Å². The van der Waals surface area contributed by atoms with Crippen molar-refractivity contribution in [3.05, 3.63) is 28.8 Å². The molecule has 1 atom stereocenters. The molecule has 0 aromatic carbocycles. The molecule has 174 valence electrons. The van der Waals surface area contributed by atoms with E-state index in [0.29, 0.717) is 45.0 Å². The lowest BCUT2D eigenvalue weighted by molar-refractivity contribution is -0.120. The summed E-state index contributed by atoms with van der Waals surface area (Å²) in [6.07, 6.45) is 5.62. The lowest BCUT2D eigenvalue weighted by atomic mass is 9.89. The molecule has 1 spiro atoms. The van der Waals surface area contributed by atoms with Crippen LogP contribution < -0.4 is 0 Å². The van der Waals surface area contributed by atoms with Gasteiger partial charge in [-0.25, -0.2) is 4.68 Å². The third-order valence-electron chi connectivity index (χ3n) is 7.03. The summed E-state index contributed by atoms with van der Waals surface area (Å²) in [4.78, 5) is 14.9. The number of hydrogen-bond acceptors (Lipinski definition) is 7. The molecule has 0 radical (unpaired) electrons. The molecule has 10 nitrogen and oxygen atoms in total.